The third kappa shape index (κ3) is 3.12. The van der Waals surface area contributed by atoms with Gasteiger partial charge in [-0.25, -0.2) is 4.98 Å². The first kappa shape index (κ1) is 16.3. The fourth-order valence-electron chi connectivity index (χ4n) is 3.17. The molecule has 3 heterocycles. The summed E-state index contributed by atoms with van der Waals surface area (Å²) >= 11 is 0. The van der Waals surface area contributed by atoms with Crippen LogP contribution in [0.15, 0.2) is 85.3 Å². The molecule has 0 fully saturated rings. The Kier molecular flexibility index (Phi) is 4.06. The molecule has 6 heteroatoms. The highest BCUT2D eigenvalue weighted by Crippen LogP contribution is 2.23. The van der Waals surface area contributed by atoms with Crippen molar-refractivity contribution in [2.75, 3.05) is 0 Å². The average Bonchev–Trinajstić information content (AvgIpc) is 3.39. The number of aromatic nitrogens is 5. The third-order valence-electron chi connectivity index (χ3n) is 4.53. The first-order valence-electron chi connectivity index (χ1n) is 9.00. The molecule has 5 aromatic rings. The third-order valence-corrected chi connectivity index (χ3v) is 4.53. The van der Waals surface area contributed by atoms with Crippen molar-refractivity contribution in [2.24, 2.45) is 0 Å². The quantitative estimate of drug-likeness (QED) is 0.504. The maximum absolute atomic E-state index is 6.22. The molecule has 0 saturated heterocycles. The molecule has 0 amide bonds. The number of imidazole rings is 1. The van der Waals surface area contributed by atoms with Gasteiger partial charge in [-0.2, -0.15) is 9.83 Å². The molecule has 1 N–H and O–H groups in total. The predicted octanol–water partition coefficient (Wildman–Crippen LogP) is 4.25. The molecular weight excluding hydrogens is 350 g/mol. The first-order chi connectivity index (χ1) is 13.9. The minimum Gasteiger partial charge on any atom is -0.373 e. The van der Waals surface area contributed by atoms with Gasteiger partial charge in [-0.3, -0.25) is 10.1 Å². The Morgan fingerprint density at radius 2 is 1.79 bits per heavy atom. The molecule has 0 atom stereocenters. The Morgan fingerprint density at radius 3 is 2.57 bits per heavy atom. The largest absolute Gasteiger partial charge is 0.373 e. The number of nitrogens with one attached hydrogen (secondary N) is 1. The van der Waals surface area contributed by atoms with Crippen LogP contribution in [0.3, 0.4) is 0 Å². The Bertz CT molecular complexity index is 1200. The SMILES string of the molecule is c1cncc(Cc2nc3ccccc3n2Oc2ccc(-c3ccn[nH]3)cc2)c1. The number of fused-ring (bicyclic) bond motifs is 1. The van der Waals surface area contributed by atoms with Gasteiger partial charge in [-0.15, -0.1) is 0 Å². The normalized spacial score (nSPS) is 11.0. The molecule has 0 aliphatic heterocycles. The van der Waals surface area contributed by atoms with E-state index in [2.05, 4.69) is 15.2 Å². The van der Waals surface area contributed by atoms with E-state index in [1.54, 1.807) is 17.1 Å². The van der Waals surface area contributed by atoms with Gasteiger partial charge in [-0.1, -0.05) is 18.2 Å². The molecule has 0 spiro atoms. The van der Waals surface area contributed by atoms with Gasteiger partial charge in [0.05, 0.1) is 11.2 Å². The van der Waals surface area contributed by atoms with Gasteiger partial charge in [0.2, 0.25) is 0 Å². The van der Waals surface area contributed by atoms with E-state index < -0.39 is 0 Å². The molecule has 2 aromatic carbocycles. The molecule has 0 saturated carbocycles. The van der Waals surface area contributed by atoms with Gasteiger partial charge in [0, 0.05) is 25.0 Å². The summed E-state index contributed by atoms with van der Waals surface area (Å²) in [5.74, 6) is 1.56. The van der Waals surface area contributed by atoms with E-state index in [4.69, 9.17) is 9.82 Å². The van der Waals surface area contributed by atoms with Gasteiger partial charge >= 0.3 is 0 Å². The number of hydrogen-bond acceptors (Lipinski definition) is 4. The van der Waals surface area contributed by atoms with Crippen LogP contribution < -0.4 is 4.84 Å². The van der Waals surface area contributed by atoms with Crippen molar-refractivity contribution in [2.45, 2.75) is 6.42 Å². The lowest BCUT2D eigenvalue weighted by atomic mass is 10.1. The van der Waals surface area contributed by atoms with E-state index in [1.807, 2.05) is 72.9 Å². The Balaban J connectivity index is 1.50. The topological polar surface area (TPSA) is 68.6 Å². The number of H-pyrrole nitrogens is 1. The highest BCUT2D eigenvalue weighted by molar-refractivity contribution is 5.75. The smallest absolute Gasteiger partial charge is 0.155 e. The zero-order valence-corrected chi connectivity index (χ0v) is 15.0. The Morgan fingerprint density at radius 1 is 0.893 bits per heavy atom. The zero-order valence-electron chi connectivity index (χ0n) is 15.0. The number of para-hydroxylation sites is 2. The lowest BCUT2D eigenvalue weighted by Gasteiger charge is -2.11. The molecule has 0 aliphatic carbocycles. The van der Waals surface area contributed by atoms with Gasteiger partial charge in [0.25, 0.3) is 0 Å². The van der Waals surface area contributed by atoms with Crippen molar-refractivity contribution in [1.82, 2.24) is 24.9 Å². The summed E-state index contributed by atoms with van der Waals surface area (Å²) in [6, 6.07) is 21.8. The monoisotopic (exact) mass is 367 g/mol. The van der Waals surface area contributed by atoms with Crippen molar-refractivity contribution >= 4 is 11.0 Å². The van der Waals surface area contributed by atoms with Crippen LogP contribution in [-0.4, -0.2) is 24.9 Å². The number of pyridine rings is 1. The van der Waals surface area contributed by atoms with Gasteiger partial charge < -0.3 is 4.84 Å². The average molecular weight is 367 g/mol. The molecule has 3 aromatic heterocycles. The fraction of sp³-hybridized carbons (Fsp3) is 0.0455. The van der Waals surface area contributed by atoms with Gasteiger partial charge in [0.15, 0.2) is 11.6 Å². The van der Waals surface area contributed by atoms with Crippen LogP contribution >= 0.6 is 0 Å². The number of hydrogen-bond donors (Lipinski definition) is 1. The van der Waals surface area contributed by atoms with Crippen LogP contribution in [0.25, 0.3) is 22.3 Å². The number of rotatable bonds is 5. The number of aromatic amines is 1. The van der Waals surface area contributed by atoms with E-state index >= 15 is 0 Å². The second kappa shape index (κ2) is 7.00. The predicted molar refractivity (Wildman–Crippen MR) is 107 cm³/mol. The van der Waals surface area contributed by atoms with E-state index in [-0.39, 0.29) is 0 Å². The van der Waals surface area contributed by atoms with E-state index in [1.165, 1.54) is 0 Å². The van der Waals surface area contributed by atoms with Crippen LogP contribution in [0.1, 0.15) is 11.4 Å². The summed E-state index contributed by atoms with van der Waals surface area (Å²) in [5, 5.41) is 6.96. The van der Waals surface area contributed by atoms with Crippen molar-refractivity contribution in [3.8, 4) is 17.0 Å². The summed E-state index contributed by atoms with van der Waals surface area (Å²) in [7, 11) is 0. The van der Waals surface area contributed by atoms with Crippen molar-refractivity contribution in [1.29, 1.82) is 0 Å². The van der Waals surface area contributed by atoms with E-state index in [9.17, 15) is 0 Å². The Labute approximate surface area is 161 Å². The van der Waals surface area contributed by atoms with Crippen LogP contribution in [-0.2, 0) is 6.42 Å². The van der Waals surface area contributed by atoms with Crippen LogP contribution in [0, 0.1) is 0 Å². The second-order valence-electron chi connectivity index (χ2n) is 6.44. The molecule has 0 unspecified atom stereocenters. The molecule has 6 nitrogen and oxygen atoms in total. The standard InChI is InChI=1S/C22H17N5O/c1-2-6-21-20(5-1)25-22(14-16-4-3-12-23-15-16)27(21)28-18-9-7-17(8-10-18)19-11-13-24-26-19/h1-13,15H,14H2,(H,24,26). The lowest BCUT2D eigenvalue weighted by Crippen LogP contribution is -2.10. The Hall–Kier alpha value is -3.93. The molecule has 0 aliphatic rings. The molecule has 28 heavy (non-hydrogen) atoms. The number of nitrogens with zero attached hydrogens (tertiary/aromatic N) is 4. The first-order valence-corrected chi connectivity index (χ1v) is 9.00. The summed E-state index contributed by atoms with van der Waals surface area (Å²) in [6.07, 6.45) is 5.99. The zero-order chi connectivity index (χ0) is 18.8. The maximum Gasteiger partial charge on any atom is 0.155 e. The second-order valence-corrected chi connectivity index (χ2v) is 6.44. The summed E-state index contributed by atoms with van der Waals surface area (Å²) in [6.45, 7) is 0. The maximum atomic E-state index is 6.22. The summed E-state index contributed by atoms with van der Waals surface area (Å²) < 4.78 is 1.80. The molecular formula is C22H17N5O. The van der Waals surface area contributed by atoms with Gasteiger partial charge in [-0.05, 0) is 59.7 Å². The van der Waals surface area contributed by atoms with Crippen molar-refractivity contribution in [3.05, 3.63) is 96.7 Å². The highest BCUT2D eigenvalue weighted by Gasteiger charge is 2.13. The highest BCUT2D eigenvalue weighted by atomic mass is 16.7. The van der Waals surface area contributed by atoms with Crippen molar-refractivity contribution in [3.63, 3.8) is 0 Å². The minimum absolute atomic E-state index is 0.634. The number of benzene rings is 2. The van der Waals surface area contributed by atoms with Crippen LogP contribution in [0.4, 0.5) is 0 Å². The van der Waals surface area contributed by atoms with Crippen LogP contribution in [0.2, 0.25) is 0 Å². The molecule has 136 valence electrons. The summed E-state index contributed by atoms with van der Waals surface area (Å²) in [5.41, 5.74) is 4.93. The van der Waals surface area contributed by atoms with Crippen molar-refractivity contribution < 1.29 is 4.84 Å². The lowest BCUT2D eigenvalue weighted by molar-refractivity contribution is 0.218. The van der Waals surface area contributed by atoms with Gasteiger partial charge in [0.1, 0.15) is 5.52 Å². The van der Waals surface area contributed by atoms with E-state index in [0.717, 1.165) is 39.4 Å². The van der Waals surface area contributed by atoms with Crippen LogP contribution in [0.5, 0.6) is 5.75 Å². The fourth-order valence-corrected chi connectivity index (χ4v) is 3.17. The summed E-state index contributed by atoms with van der Waals surface area (Å²) in [4.78, 5) is 15.2. The molecule has 0 bridgehead atoms. The minimum atomic E-state index is 0.634. The van der Waals surface area contributed by atoms with E-state index in [0.29, 0.717) is 6.42 Å². The molecule has 5 rings (SSSR count). The molecule has 0 radical (unpaired) electrons.